The standard InChI is InChI=1S/C15H9ClN2O2/c16-15-4-2-1-3-14(15)12(10-17)9-11-5-7-13(8-6-11)18(19)20/h1-9H. The zero-order chi connectivity index (χ0) is 14.5. The van der Waals surface area contributed by atoms with Gasteiger partial charge in [0.05, 0.1) is 16.6 Å². The molecule has 0 heterocycles. The van der Waals surface area contributed by atoms with E-state index < -0.39 is 4.92 Å². The number of hydrogen-bond donors (Lipinski definition) is 0. The second-order valence-corrected chi connectivity index (χ2v) is 4.41. The van der Waals surface area contributed by atoms with Crippen molar-refractivity contribution in [2.75, 3.05) is 0 Å². The Bertz CT molecular complexity index is 715. The van der Waals surface area contributed by atoms with Crippen LogP contribution in [0.2, 0.25) is 5.02 Å². The summed E-state index contributed by atoms with van der Waals surface area (Å²) in [5, 5.41) is 20.3. The first kappa shape index (κ1) is 13.8. The Morgan fingerprint density at radius 3 is 2.40 bits per heavy atom. The van der Waals surface area contributed by atoms with Crippen molar-refractivity contribution in [3.63, 3.8) is 0 Å². The van der Waals surface area contributed by atoms with Crippen LogP contribution in [0.3, 0.4) is 0 Å². The quantitative estimate of drug-likeness (QED) is 0.365. The van der Waals surface area contributed by atoms with Crippen LogP contribution < -0.4 is 0 Å². The van der Waals surface area contributed by atoms with Gasteiger partial charge in [0.1, 0.15) is 0 Å². The minimum Gasteiger partial charge on any atom is -0.258 e. The minimum absolute atomic E-state index is 0.0124. The fourth-order valence-corrected chi connectivity index (χ4v) is 1.95. The van der Waals surface area contributed by atoms with Crippen molar-refractivity contribution in [2.24, 2.45) is 0 Å². The van der Waals surface area contributed by atoms with Crippen LogP contribution in [-0.2, 0) is 0 Å². The summed E-state index contributed by atoms with van der Waals surface area (Å²) in [6.45, 7) is 0. The summed E-state index contributed by atoms with van der Waals surface area (Å²) in [6, 6.07) is 15.1. The summed E-state index contributed by atoms with van der Waals surface area (Å²) >= 11 is 6.05. The molecule has 2 aromatic carbocycles. The van der Waals surface area contributed by atoms with E-state index in [1.807, 2.05) is 0 Å². The molecule has 0 spiro atoms. The molecule has 0 amide bonds. The first-order chi connectivity index (χ1) is 9.61. The van der Waals surface area contributed by atoms with Crippen LogP contribution in [0.4, 0.5) is 5.69 Å². The van der Waals surface area contributed by atoms with Gasteiger partial charge in [-0.25, -0.2) is 0 Å². The highest BCUT2D eigenvalue weighted by Gasteiger charge is 2.07. The van der Waals surface area contributed by atoms with Gasteiger partial charge in [-0.15, -0.1) is 0 Å². The van der Waals surface area contributed by atoms with Gasteiger partial charge in [0.15, 0.2) is 0 Å². The highest BCUT2D eigenvalue weighted by Crippen LogP contribution is 2.25. The summed E-state index contributed by atoms with van der Waals surface area (Å²) in [5.74, 6) is 0. The number of nitro benzene ring substituents is 1. The van der Waals surface area contributed by atoms with Gasteiger partial charge in [0.2, 0.25) is 0 Å². The summed E-state index contributed by atoms with van der Waals surface area (Å²) < 4.78 is 0. The third-order valence-electron chi connectivity index (χ3n) is 2.70. The molecule has 0 N–H and O–H groups in total. The van der Waals surface area contributed by atoms with E-state index in [0.717, 1.165) is 0 Å². The number of halogens is 1. The maximum Gasteiger partial charge on any atom is 0.269 e. The molecule has 2 rings (SSSR count). The average Bonchev–Trinajstić information content (AvgIpc) is 2.46. The lowest BCUT2D eigenvalue weighted by atomic mass is 10.0. The van der Waals surface area contributed by atoms with Crippen LogP contribution in [0.25, 0.3) is 11.6 Å². The van der Waals surface area contributed by atoms with Gasteiger partial charge >= 0.3 is 0 Å². The molecule has 98 valence electrons. The van der Waals surface area contributed by atoms with Crippen molar-refractivity contribution >= 4 is 28.9 Å². The first-order valence-corrected chi connectivity index (χ1v) is 6.11. The molecular weight excluding hydrogens is 276 g/mol. The van der Waals surface area contributed by atoms with Gasteiger partial charge in [0, 0.05) is 22.7 Å². The Morgan fingerprint density at radius 2 is 1.85 bits per heavy atom. The van der Waals surface area contributed by atoms with E-state index in [-0.39, 0.29) is 5.69 Å². The highest BCUT2D eigenvalue weighted by atomic mass is 35.5. The van der Waals surface area contributed by atoms with Crippen molar-refractivity contribution in [3.8, 4) is 6.07 Å². The van der Waals surface area contributed by atoms with Crippen molar-refractivity contribution in [1.82, 2.24) is 0 Å². The smallest absolute Gasteiger partial charge is 0.258 e. The predicted octanol–water partition coefficient (Wildman–Crippen LogP) is 4.31. The van der Waals surface area contributed by atoms with Crippen LogP contribution in [0.5, 0.6) is 0 Å². The summed E-state index contributed by atoms with van der Waals surface area (Å²) in [4.78, 5) is 10.1. The molecule has 0 unspecified atom stereocenters. The summed E-state index contributed by atoms with van der Waals surface area (Å²) in [7, 11) is 0. The Labute approximate surface area is 120 Å². The number of non-ortho nitro benzene ring substituents is 1. The zero-order valence-corrected chi connectivity index (χ0v) is 11.0. The Morgan fingerprint density at radius 1 is 1.20 bits per heavy atom. The van der Waals surface area contributed by atoms with Gasteiger partial charge in [-0.3, -0.25) is 10.1 Å². The van der Waals surface area contributed by atoms with Crippen LogP contribution in [0.1, 0.15) is 11.1 Å². The number of nitro groups is 1. The predicted molar refractivity (Wildman–Crippen MR) is 78.0 cm³/mol. The van der Waals surface area contributed by atoms with Crippen LogP contribution in [0.15, 0.2) is 48.5 Å². The maximum absolute atomic E-state index is 10.6. The molecule has 0 aliphatic rings. The zero-order valence-electron chi connectivity index (χ0n) is 10.3. The minimum atomic E-state index is -0.466. The average molecular weight is 285 g/mol. The highest BCUT2D eigenvalue weighted by molar-refractivity contribution is 6.32. The molecule has 5 heteroatoms. The number of nitriles is 1. The van der Waals surface area contributed by atoms with Crippen molar-refractivity contribution in [2.45, 2.75) is 0 Å². The molecule has 2 aromatic rings. The third kappa shape index (κ3) is 3.02. The van der Waals surface area contributed by atoms with E-state index >= 15 is 0 Å². The SMILES string of the molecule is N#CC(=Cc1ccc([N+](=O)[O-])cc1)c1ccccc1Cl. The van der Waals surface area contributed by atoms with Gasteiger partial charge in [-0.2, -0.15) is 5.26 Å². The molecular formula is C15H9ClN2O2. The van der Waals surface area contributed by atoms with Crippen molar-refractivity contribution in [1.29, 1.82) is 5.26 Å². The third-order valence-corrected chi connectivity index (χ3v) is 3.03. The van der Waals surface area contributed by atoms with Crippen LogP contribution in [-0.4, -0.2) is 4.92 Å². The van der Waals surface area contributed by atoms with Gasteiger partial charge in [0.25, 0.3) is 5.69 Å². The van der Waals surface area contributed by atoms with E-state index in [1.54, 1.807) is 42.5 Å². The van der Waals surface area contributed by atoms with E-state index in [2.05, 4.69) is 6.07 Å². The molecule has 0 aliphatic carbocycles. The fourth-order valence-electron chi connectivity index (χ4n) is 1.71. The van der Waals surface area contributed by atoms with Crippen LogP contribution >= 0.6 is 11.6 Å². The molecule has 0 atom stereocenters. The molecule has 0 aromatic heterocycles. The molecule has 0 aliphatic heterocycles. The topological polar surface area (TPSA) is 66.9 Å². The molecule has 20 heavy (non-hydrogen) atoms. The normalized spacial score (nSPS) is 10.9. The molecule has 0 saturated heterocycles. The van der Waals surface area contributed by atoms with E-state index in [0.29, 0.717) is 21.7 Å². The Hall–Kier alpha value is -2.64. The molecule has 0 fully saturated rings. The summed E-state index contributed by atoms with van der Waals surface area (Å²) in [5.41, 5.74) is 1.75. The largest absolute Gasteiger partial charge is 0.269 e. The maximum atomic E-state index is 10.6. The number of allylic oxidation sites excluding steroid dienone is 1. The number of rotatable bonds is 3. The fraction of sp³-hybridized carbons (Fsp3) is 0. The number of hydrogen-bond acceptors (Lipinski definition) is 3. The molecule has 4 nitrogen and oxygen atoms in total. The lowest BCUT2D eigenvalue weighted by Gasteiger charge is -2.02. The van der Waals surface area contributed by atoms with Crippen molar-refractivity contribution < 1.29 is 4.92 Å². The second-order valence-electron chi connectivity index (χ2n) is 4.00. The molecule has 0 radical (unpaired) electrons. The Balaban J connectivity index is 2.40. The molecule has 0 saturated carbocycles. The lowest BCUT2D eigenvalue weighted by molar-refractivity contribution is -0.384. The van der Waals surface area contributed by atoms with E-state index in [9.17, 15) is 15.4 Å². The van der Waals surface area contributed by atoms with Gasteiger partial charge in [-0.1, -0.05) is 29.8 Å². The number of benzene rings is 2. The number of nitrogens with zero attached hydrogens (tertiary/aromatic N) is 2. The first-order valence-electron chi connectivity index (χ1n) is 5.73. The van der Waals surface area contributed by atoms with Crippen molar-refractivity contribution in [3.05, 3.63) is 74.8 Å². The van der Waals surface area contributed by atoms with Crippen LogP contribution in [0, 0.1) is 21.4 Å². The summed E-state index contributed by atoms with van der Waals surface area (Å²) in [6.07, 6.45) is 1.64. The van der Waals surface area contributed by atoms with Gasteiger partial charge < -0.3 is 0 Å². The monoisotopic (exact) mass is 284 g/mol. The molecule has 0 bridgehead atoms. The second kappa shape index (κ2) is 6.00. The van der Waals surface area contributed by atoms with E-state index in [4.69, 9.17) is 11.6 Å². The lowest BCUT2D eigenvalue weighted by Crippen LogP contribution is -1.87. The Kier molecular flexibility index (Phi) is 4.14. The van der Waals surface area contributed by atoms with E-state index in [1.165, 1.54) is 12.1 Å². The van der Waals surface area contributed by atoms with Gasteiger partial charge in [-0.05, 0) is 29.8 Å².